The highest BCUT2D eigenvalue weighted by atomic mass is 32.2. The highest BCUT2D eigenvalue weighted by molar-refractivity contribution is 7.99. The van der Waals surface area contributed by atoms with Crippen molar-refractivity contribution >= 4 is 35.3 Å². The van der Waals surface area contributed by atoms with Crippen LogP contribution < -0.4 is 10.9 Å². The molecule has 1 atom stereocenters. The molecular formula is C22H25N3O6S. The summed E-state index contributed by atoms with van der Waals surface area (Å²) in [6.07, 6.45) is 0. The molecule has 1 aromatic carbocycles. The summed E-state index contributed by atoms with van der Waals surface area (Å²) in [4.78, 5) is 54.2. The number of thioether (sulfide) groups is 1. The first-order valence-corrected chi connectivity index (χ1v) is 10.9. The lowest BCUT2D eigenvalue weighted by Gasteiger charge is -2.26. The fraction of sp³-hybridized carbons (Fsp3) is 0.409. The molecule has 0 fully saturated rings. The smallest absolute Gasteiger partial charge is 0.339 e. The van der Waals surface area contributed by atoms with Crippen molar-refractivity contribution in [2.45, 2.75) is 37.9 Å². The van der Waals surface area contributed by atoms with Crippen molar-refractivity contribution in [3.63, 3.8) is 0 Å². The summed E-state index contributed by atoms with van der Waals surface area (Å²) in [6.45, 7) is 6.11. The number of carbonyl (C=O) groups excluding carboxylic acids is 3. The minimum atomic E-state index is -0.657. The van der Waals surface area contributed by atoms with Gasteiger partial charge in [-0.25, -0.2) is 14.6 Å². The molecule has 170 valence electrons. The molecule has 0 aliphatic carbocycles. The zero-order chi connectivity index (χ0) is 23.6. The second-order valence-electron chi connectivity index (χ2n) is 8.36. The maximum Gasteiger partial charge on any atom is 0.339 e. The van der Waals surface area contributed by atoms with Gasteiger partial charge in [-0.15, -0.1) is 0 Å². The Hall–Kier alpha value is -3.14. The Morgan fingerprint density at radius 2 is 1.81 bits per heavy atom. The number of hydrogen-bond donors (Lipinski definition) is 1. The summed E-state index contributed by atoms with van der Waals surface area (Å²) in [7, 11) is 2.46. The number of methoxy groups -OCH3 is 2. The average Bonchev–Trinajstić information content (AvgIpc) is 2.77. The molecule has 1 amide bonds. The van der Waals surface area contributed by atoms with Crippen LogP contribution in [0.1, 0.15) is 47.2 Å². The lowest BCUT2D eigenvalue weighted by Crippen LogP contribution is -2.38. The molecule has 0 saturated carbocycles. The molecule has 1 unspecified atom stereocenters. The van der Waals surface area contributed by atoms with Crippen LogP contribution in [0.5, 0.6) is 0 Å². The van der Waals surface area contributed by atoms with Crippen LogP contribution >= 0.6 is 11.8 Å². The van der Waals surface area contributed by atoms with Crippen molar-refractivity contribution in [1.29, 1.82) is 0 Å². The van der Waals surface area contributed by atoms with Gasteiger partial charge in [0, 0.05) is 23.8 Å². The number of anilines is 1. The van der Waals surface area contributed by atoms with Gasteiger partial charge in [0.25, 0.3) is 5.56 Å². The largest absolute Gasteiger partial charge is 0.465 e. The number of fused-ring (bicyclic) bond motifs is 1. The molecule has 0 radical (unpaired) electrons. The maximum atomic E-state index is 13.0. The molecular weight excluding hydrogens is 434 g/mol. The van der Waals surface area contributed by atoms with E-state index in [9.17, 15) is 19.2 Å². The number of rotatable bonds is 4. The second kappa shape index (κ2) is 9.15. The van der Waals surface area contributed by atoms with Gasteiger partial charge in [0.05, 0.1) is 42.6 Å². The highest BCUT2D eigenvalue weighted by Crippen LogP contribution is 2.29. The Morgan fingerprint density at radius 3 is 2.44 bits per heavy atom. The average molecular weight is 460 g/mol. The van der Waals surface area contributed by atoms with Gasteiger partial charge in [0.2, 0.25) is 5.91 Å². The quantitative estimate of drug-likeness (QED) is 0.548. The Bertz CT molecular complexity index is 1140. The molecule has 0 spiro atoms. The van der Waals surface area contributed by atoms with Gasteiger partial charge in [-0.2, -0.15) is 0 Å². The van der Waals surface area contributed by atoms with Crippen molar-refractivity contribution in [1.82, 2.24) is 9.55 Å². The SMILES string of the molecule is COC(=O)c1ccc(C(=O)OC)c(NC(=O)C2CSc3nc(C(C)(C)C)cc(=O)n3C2)c1. The van der Waals surface area contributed by atoms with E-state index in [2.05, 4.69) is 10.3 Å². The van der Waals surface area contributed by atoms with Crippen molar-refractivity contribution in [2.75, 3.05) is 25.3 Å². The van der Waals surface area contributed by atoms with E-state index in [0.717, 1.165) is 0 Å². The molecule has 9 nitrogen and oxygen atoms in total. The number of nitrogens with zero attached hydrogens (tertiary/aromatic N) is 2. The fourth-order valence-corrected chi connectivity index (χ4v) is 4.26. The second-order valence-corrected chi connectivity index (χ2v) is 9.35. The topological polar surface area (TPSA) is 117 Å². The zero-order valence-electron chi connectivity index (χ0n) is 18.6. The summed E-state index contributed by atoms with van der Waals surface area (Å²) >= 11 is 1.33. The molecule has 2 aromatic rings. The first-order chi connectivity index (χ1) is 15.0. The number of amides is 1. The van der Waals surface area contributed by atoms with Crippen LogP contribution in [0.25, 0.3) is 0 Å². The lowest BCUT2D eigenvalue weighted by molar-refractivity contribution is -0.119. The molecule has 1 aliphatic heterocycles. The third kappa shape index (κ3) is 4.85. The van der Waals surface area contributed by atoms with Crippen molar-refractivity contribution in [3.05, 3.63) is 51.4 Å². The van der Waals surface area contributed by atoms with Gasteiger partial charge >= 0.3 is 11.9 Å². The minimum absolute atomic E-state index is 0.103. The van der Waals surface area contributed by atoms with E-state index in [1.807, 2.05) is 20.8 Å². The van der Waals surface area contributed by atoms with Crippen LogP contribution in [-0.2, 0) is 26.2 Å². The minimum Gasteiger partial charge on any atom is -0.465 e. The molecule has 3 rings (SSSR count). The molecule has 1 N–H and O–H groups in total. The molecule has 1 aliphatic rings. The first kappa shape index (κ1) is 23.5. The third-order valence-corrected chi connectivity index (χ3v) is 6.17. The molecule has 10 heteroatoms. The Labute approximate surface area is 189 Å². The van der Waals surface area contributed by atoms with E-state index in [0.29, 0.717) is 16.6 Å². The van der Waals surface area contributed by atoms with E-state index in [1.165, 1.54) is 54.8 Å². The predicted molar refractivity (Wildman–Crippen MR) is 119 cm³/mol. The van der Waals surface area contributed by atoms with E-state index in [4.69, 9.17) is 9.47 Å². The van der Waals surface area contributed by atoms with E-state index in [-0.39, 0.29) is 40.2 Å². The van der Waals surface area contributed by atoms with E-state index >= 15 is 0 Å². The Kier molecular flexibility index (Phi) is 6.73. The number of ether oxygens (including phenoxy) is 2. The van der Waals surface area contributed by atoms with E-state index < -0.39 is 17.9 Å². The van der Waals surface area contributed by atoms with Crippen molar-refractivity contribution in [3.8, 4) is 0 Å². The molecule has 32 heavy (non-hydrogen) atoms. The monoisotopic (exact) mass is 459 g/mol. The van der Waals surface area contributed by atoms with Crippen LogP contribution in [0.4, 0.5) is 5.69 Å². The number of esters is 2. The maximum absolute atomic E-state index is 13.0. The summed E-state index contributed by atoms with van der Waals surface area (Å²) in [6, 6.07) is 5.67. The van der Waals surface area contributed by atoms with Crippen LogP contribution in [0.15, 0.2) is 34.2 Å². The first-order valence-electron chi connectivity index (χ1n) is 9.92. The van der Waals surface area contributed by atoms with Gasteiger partial charge in [0.15, 0.2) is 5.16 Å². The molecule has 2 heterocycles. The standard InChI is InChI=1S/C22H25N3O6S/c1-22(2,3)16-9-17(26)25-10-13(11-32-21(25)24-16)18(27)23-15-8-12(19(28)30-4)6-7-14(15)20(29)31-5/h6-9,13H,10-11H2,1-5H3,(H,23,27). The van der Waals surface area contributed by atoms with Gasteiger partial charge in [-0.1, -0.05) is 32.5 Å². The normalized spacial score (nSPS) is 15.5. The molecule has 1 aromatic heterocycles. The Morgan fingerprint density at radius 1 is 1.12 bits per heavy atom. The number of carbonyl (C=O) groups is 3. The van der Waals surface area contributed by atoms with E-state index in [1.54, 1.807) is 0 Å². The summed E-state index contributed by atoms with van der Waals surface area (Å²) in [5.74, 6) is -1.78. The summed E-state index contributed by atoms with van der Waals surface area (Å²) in [5.41, 5.74) is 0.631. The van der Waals surface area contributed by atoms with Crippen LogP contribution in [-0.4, -0.2) is 47.4 Å². The molecule has 0 bridgehead atoms. The predicted octanol–water partition coefficient (Wildman–Crippen LogP) is 2.47. The number of hydrogen-bond acceptors (Lipinski definition) is 8. The summed E-state index contributed by atoms with van der Waals surface area (Å²) in [5, 5.41) is 3.28. The highest BCUT2D eigenvalue weighted by Gasteiger charge is 2.29. The van der Waals surface area contributed by atoms with Crippen LogP contribution in [0.3, 0.4) is 0 Å². The van der Waals surface area contributed by atoms with Crippen molar-refractivity contribution < 1.29 is 23.9 Å². The number of nitrogens with one attached hydrogen (secondary N) is 1. The fourth-order valence-electron chi connectivity index (χ4n) is 3.17. The van der Waals surface area contributed by atoms with Gasteiger partial charge < -0.3 is 14.8 Å². The Balaban J connectivity index is 1.87. The number of aromatic nitrogens is 2. The van der Waals surface area contributed by atoms with Crippen molar-refractivity contribution in [2.24, 2.45) is 5.92 Å². The zero-order valence-corrected chi connectivity index (χ0v) is 19.4. The van der Waals surface area contributed by atoms with Crippen LogP contribution in [0.2, 0.25) is 0 Å². The van der Waals surface area contributed by atoms with Gasteiger partial charge in [-0.3, -0.25) is 14.2 Å². The van der Waals surface area contributed by atoms with Gasteiger partial charge in [-0.05, 0) is 18.2 Å². The lowest BCUT2D eigenvalue weighted by atomic mass is 9.92. The number of benzene rings is 1. The molecule has 0 saturated heterocycles. The third-order valence-electron chi connectivity index (χ3n) is 5.03. The van der Waals surface area contributed by atoms with Crippen LogP contribution in [0, 0.1) is 5.92 Å². The van der Waals surface area contributed by atoms with Gasteiger partial charge in [0.1, 0.15) is 0 Å². The summed E-state index contributed by atoms with van der Waals surface area (Å²) < 4.78 is 11.0.